The second-order valence-corrected chi connectivity index (χ2v) is 6.79. The van der Waals surface area contributed by atoms with Gasteiger partial charge in [0.05, 0.1) is 12.5 Å². The Labute approximate surface area is 146 Å². The number of pyridine rings is 1. The lowest BCUT2D eigenvalue weighted by Gasteiger charge is -2.15. The first-order valence-electron chi connectivity index (χ1n) is 8.89. The van der Waals surface area contributed by atoms with Gasteiger partial charge in [0.1, 0.15) is 0 Å². The number of amides is 1. The summed E-state index contributed by atoms with van der Waals surface area (Å²) in [6.07, 6.45) is 7.37. The molecule has 1 saturated heterocycles. The van der Waals surface area contributed by atoms with Crippen molar-refractivity contribution in [3.63, 3.8) is 0 Å². The summed E-state index contributed by atoms with van der Waals surface area (Å²) in [5, 5.41) is 4.04. The Morgan fingerprint density at radius 1 is 1.28 bits per heavy atom. The van der Waals surface area contributed by atoms with Crippen LogP contribution >= 0.6 is 0 Å². The zero-order valence-corrected chi connectivity index (χ0v) is 14.1. The van der Waals surface area contributed by atoms with Crippen LogP contribution in [0.3, 0.4) is 0 Å². The Hall–Kier alpha value is -2.28. The summed E-state index contributed by atoms with van der Waals surface area (Å²) < 4.78 is 11.0. The molecule has 0 radical (unpaired) electrons. The molecule has 0 aromatic carbocycles. The van der Waals surface area contributed by atoms with Gasteiger partial charge in [0.2, 0.25) is 5.89 Å². The van der Waals surface area contributed by atoms with E-state index < -0.39 is 0 Å². The summed E-state index contributed by atoms with van der Waals surface area (Å²) in [6.45, 7) is 2.79. The van der Waals surface area contributed by atoms with Crippen LogP contribution in [-0.2, 0) is 11.2 Å². The smallest absolute Gasteiger partial charge is 0.253 e. The molecule has 2 aromatic rings. The van der Waals surface area contributed by atoms with E-state index in [0.29, 0.717) is 43.4 Å². The van der Waals surface area contributed by atoms with Crippen molar-refractivity contribution in [1.82, 2.24) is 20.0 Å². The third-order valence-corrected chi connectivity index (χ3v) is 4.76. The number of hydrogen-bond acceptors (Lipinski definition) is 6. The van der Waals surface area contributed by atoms with Crippen LogP contribution in [0.1, 0.15) is 47.3 Å². The standard InChI is InChI=1S/C18H22N4O3/c23-18(14-3-7-19-8-4-14)22-9-5-15(11-22)17-20-16(21-25-17)6-10-24-12-13-1-2-13/h3-4,7-8,13,15H,1-2,5-6,9-12H2. The largest absolute Gasteiger partial charge is 0.381 e. The minimum atomic E-state index is 0.0260. The van der Waals surface area contributed by atoms with E-state index in [1.54, 1.807) is 24.5 Å². The predicted molar refractivity (Wildman–Crippen MR) is 89.0 cm³/mol. The second kappa shape index (κ2) is 7.31. The van der Waals surface area contributed by atoms with Gasteiger partial charge in [-0.15, -0.1) is 0 Å². The number of likely N-dealkylation sites (tertiary alicyclic amines) is 1. The molecule has 25 heavy (non-hydrogen) atoms. The van der Waals surface area contributed by atoms with Crippen molar-refractivity contribution in [2.45, 2.75) is 31.6 Å². The molecule has 3 heterocycles. The fourth-order valence-electron chi connectivity index (χ4n) is 3.06. The Morgan fingerprint density at radius 2 is 2.12 bits per heavy atom. The Bertz CT molecular complexity index is 714. The summed E-state index contributed by atoms with van der Waals surface area (Å²) in [6, 6.07) is 3.48. The van der Waals surface area contributed by atoms with Gasteiger partial charge in [-0.1, -0.05) is 5.16 Å². The average Bonchev–Trinajstić information content (AvgIpc) is 3.15. The van der Waals surface area contributed by atoms with E-state index in [9.17, 15) is 4.79 Å². The summed E-state index contributed by atoms with van der Waals surface area (Å²) >= 11 is 0. The van der Waals surface area contributed by atoms with Crippen molar-refractivity contribution in [3.05, 3.63) is 41.8 Å². The van der Waals surface area contributed by atoms with Crippen molar-refractivity contribution in [1.29, 1.82) is 0 Å². The molecule has 1 saturated carbocycles. The predicted octanol–water partition coefficient (Wildman–Crippen LogP) is 2.06. The maximum atomic E-state index is 12.5. The highest BCUT2D eigenvalue weighted by Gasteiger charge is 2.31. The SMILES string of the molecule is O=C(c1ccncc1)N1CCC(c2nc(CCOCC3CC3)no2)C1. The average molecular weight is 342 g/mol. The number of aromatic nitrogens is 3. The van der Waals surface area contributed by atoms with E-state index in [2.05, 4.69) is 15.1 Å². The van der Waals surface area contributed by atoms with E-state index in [1.807, 2.05) is 4.90 Å². The highest BCUT2D eigenvalue weighted by molar-refractivity contribution is 5.94. The third-order valence-electron chi connectivity index (χ3n) is 4.76. The fraction of sp³-hybridized carbons (Fsp3) is 0.556. The molecular formula is C18H22N4O3. The molecule has 4 rings (SSSR count). The molecule has 2 fully saturated rings. The zero-order chi connectivity index (χ0) is 17.1. The van der Waals surface area contributed by atoms with Crippen LogP contribution < -0.4 is 0 Å². The van der Waals surface area contributed by atoms with Crippen molar-refractivity contribution < 1.29 is 14.1 Å². The monoisotopic (exact) mass is 342 g/mol. The van der Waals surface area contributed by atoms with Crippen LogP contribution in [0.25, 0.3) is 0 Å². The second-order valence-electron chi connectivity index (χ2n) is 6.79. The molecule has 7 nitrogen and oxygen atoms in total. The van der Waals surface area contributed by atoms with Gasteiger partial charge >= 0.3 is 0 Å². The van der Waals surface area contributed by atoms with E-state index in [1.165, 1.54) is 12.8 Å². The van der Waals surface area contributed by atoms with Gasteiger partial charge in [0, 0.05) is 44.1 Å². The molecule has 0 N–H and O–H groups in total. The number of carbonyl (C=O) groups excluding carboxylic acids is 1. The van der Waals surface area contributed by atoms with Gasteiger partial charge in [-0.25, -0.2) is 0 Å². The first kappa shape index (κ1) is 16.2. The number of nitrogens with zero attached hydrogens (tertiary/aromatic N) is 4. The molecule has 1 aliphatic heterocycles. The quantitative estimate of drug-likeness (QED) is 0.717. The van der Waals surface area contributed by atoms with Crippen LogP contribution in [0, 0.1) is 5.92 Å². The Balaban J connectivity index is 1.28. The molecule has 1 atom stereocenters. The first-order valence-corrected chi connectivity index (χ1v) is 8.89. The molecule has 1 amide bonds. The fourth-order valence-corrected chi connectivity index (χ4v) is 3.06. The molecule has 7 heteroatoms. The number of carbonyl (C=O) groups is 1. The number of ether oxygens (including phenoxy) is 1. The van der Waals surface area contributed by atoms with Crippen molar-refractivity contribution in [2.24, 2.45) is 5.92 Å². The van der Waals surface area contributed by atoms with Crippen LogP contribution in [0.4, 0.5) is 0 Å². The molecule has 132 valence electrons. The molecule has 1 unspecified atom stereocenters. The summed E-state index contributed by atoms with van der Waals surface area (Å²) in [4.78, 5) is 22.7. The molecule has 2 aliphatic rings. The lowest BCUT2D eigenvalue weighted by molar-refractivity contribution is 0.0789. The highest BCUT2D eigenvalue weighted by atomic mass is 16.5. The highest BCUT2D eigenvalue weighted by Crippen LogP contribution is 2.29. The van der Waals surface area contributed by atoms with Gasteiger partial charge in [0.25, 0.3) is 5.91 Å². The third kappa shape index (κ3) is 4.04. The summed E-state index contributed by atoms with van der Waals surface area (Å²) in [7, 11) is 0. The van der Waals surface area contributed by atoms with Gasteiger partial charge in [-0.05, 0) is 37.3 Å². The van der Waals surface area contributed by atoms with Gasteiger partial charge in [-0.3, -0.25) is 9.78 Å². The Morgan fingerprint density at radius 3 is 2.92 bits per heavy atom. The van der Waals surface area contributed by atoms with Crippen LogP contribution in [0.15, 0.2) is 29.0 Å². The zero-order valence-electron chi connectivity index (χ0n) is 14.1. The molecule has 2 aromatic heterocycles. The Kier molecular flexibility index (Phi) is 4.74. The van der Waals surface area contributed by atoms with Crippen molar-refractivity contribution in [2.75, 3.05) is 26.3 Å². The van der Waals surface area contributed by atoms with Crippen molar-refractivity contribution in [3.8, 4) is 0 Å². The maximum Gasteiger partial charge on any atom is 0.253 e. The first-order chi connectivity index (χ1) is 12.3. The minimum Gasteiger partial charge on any atom is -0.381 e. The summed E-state index contributed by atoms with van der Waals surface area (Å²) in [5.41, 5.74) is 0.662. The van der Waals surface area contributed by atoms with E-state index >= 15 is 0 Å². The molecule has 0 spiro atoms. The van der Waals surface area contributed by atoms with E-state index in [4.69, 9.17) is 9.26 Å². The molecular weight excluding hydrogens is 320 g/mol. The van der Waals surface area contributed by atoms with Crippen LogP contribution in [-0.4, -0.2) is 52.2 Å². The van der Waals surface area contributed by atoms with E-state index in [-0.39, 0.29) is 11.8 Å². The van der Waals surface area contributed by atoms with Crippen LogP contribution in [0.5, 0.6) is 0 Å². The van der Waals surface area contributed by atoms with Gasteiger partial charge < -0.3 is 14.2 Å². The lowest BCUT2D eigenvalue weighted by Crippen LogP contribution is -2.28. The van der Waals surface area contributed by atoms with Gasteiger partial charge in [0.15, 0.2) is 5.82 Å². The number of hydrogen-bond donors (Lipinski definition) is 0. The molecule has 0 bridgehead atoms. The number of rotatable bonds is 7. The minimum absolute atomic E-state index is 0.0260. The van der Waals surface area contributed by atoms with Crippen LogP contribution in [0.2, 0.25) is 0 Å². The topological polar surface area (TPSA) is 81.4 Å². The van der Waals surface area contributed by atoms with E-state index in [0.717, 1.165) is 18.9 Å². The van der Waals surface area contributed by atoms with Gasteiger partial charge in [-0.2, -0.15) is 4.98 Å². The van der Waals surface area contributed by atoms with Crippen molar-refractivity contribution >= 4 is 5.91 Å². The lowest BCUT2D eigenvalue weighted by atomic mass is 10.1. The maximum absolute atomic E-state index is 12.5. The molecule has 1 aliphatic carbocycles. The summed E-state index contributed by atoms with van der Waals surface area (Å²) in [5.74, 6) is 2.22. The normalized spacial score (nSPS) is 20.2.